The lowest BCUT2D eigenvalue weighted by Gasteiger charge is -2.05. The first-order valence-electron chi connectivity index (χ1n) is 5.17. The van der Waals surface area contributed by atoms with Gasteiger partial charge < -0.3 is 9.52 Å². The number of carboxylic acids is 1. The van der Waals surface area contributed by atoms with Crippen molar-refractivity contribution in [3.63, 3.8) is 0 Å². The van der Waals surface area contributed by atoms with Gasteiger partial charge in [0.15, 0.2) is 5.69 Å². The average Bonchev–Trinajstić information content (AvgIpc) is 2.70. The standard InChI is InChI=1S/C12H8F3NO3/c1-6-9(11(17)18)16-10(19-6)7-2-4-8(5-3-7)12(13,14)15/h2-5H,1H3,(H,17,18). The summed E-state index contributed by atoms with van der Waals surface area (Å²) in [7, 11) is 0. The molecule has 0 fully saturated rings. The number of carbonyl (C=O) groups is 1. The fourth-order valence-corrected chi connectivity index (χ4v) is 1.52. The van der Waals surface area contributed by atoms with Crippen LogP contribution in [0, 0.1) is 6.92 Å². The van der Waals surface area contributed by atoms with E-state index in [1.54, 1.807) is 0 Å². The summed E-state index contributed by atoms with van der Waals surface area (Å²) in [5.74, 6) is -1.18. The van der Waals surface area contributed by atoms with E-state index >= 15 is 0 Å². The van der Waals surface area contributed by atoms with Gasteiger partial charge in [-0.15, -0.1) is 0 Å². The van der Waals surface area contributed by atoms with Crippen LogP contribution in [0.15, 0.2) is 28.7 Å². The number of carboxylic acid groups (broad SMARTS) is 1. The second kappa shape index (κ2) is 4.42. The third-order valence-corrected chi connectivity index (χ3v) is 2.46. The Morgan fingerprint density at radius 2 is 1.84 bits per heavy atom. The molecule has 0 aliphatic heterocycles. The number of benzene rings is 1. The van der Waals surface area contributed by atoms with Crippen molar-refractivity contribution in [1.82, 2.24) is 4.98 Å². The number of aromatic carboxylic acids is 1. The maximum atomic E-state index is 12.4. The van der Waals surface area contributed by atoms with Crippen LogP contribution in [-0.4, -0.2) is 16.1 Å². The maximum absolute atomic E-state index is 12.4. The van der Waals surface area contributed by atoms with E-state index < -0.39 is 17.7 Å². The molecule has 0 unspecified atom stereocenters. The van der Waals surface area contributed by atoms with E-state index in [1.807, 2.05) is 0 Å². The molecule has 4 nitrogen and oxygen atoms in total. The molecule has 19 heavy (non-hydrogen) atoms. The monoisotopic (exact) mass is 271 g/mol. The first kappa shape index (κ1) is 13.1. The van der Waals surface area contributed by atoms with E-state index in [9.17, 15) is 18.0 Å². The van der Waals surface area contributed by atoms with Crippen LogP contribution >= 0.6 is 0 Å². The van der Waals surface area contributed by atoms with Gasteiger partial charge in [-0.25, -0.2) is 9.78 Å². The number of aromatic nitrogens is 1. The Hall–Kier alpha value is -2.31. The number of hydrogen-bond donors (Lipinski definition) is 1. The molecule has 0 spiro atoms. The topological polar surface area (TPSA) is 63.3 Å². The largest absolute Gasteiger partial charge is 0.476 e. The van der Waals surface area contributed by atoms with Crippen molar-refractivity contribution >= 4 is 5.97 Å². The van der Waals surface area contributed by atoms with Crippen molar-refractivity contribution < 1.29 is 27.5 Å². The van der Waals surface area contributed by atoms with Crippen molar-refractivity contribution in [2.75, 3.05) is 0 Å². The second-order valence-corrected chi connectivity index (χ2v) is 3.80. The van der Waals surface area contributed by atoms with E-state index in [0.717, 1.165) is 12.1 Å². The molecule has 7 heteroatoms. The predicted octanol–water partition coefficient (Wildman–Crippen LogP) is 3.37. The molecule has 0 amide bonds. The van der Waals surface area contributed by atoms with Crippen LogP contribution in [0.5, 0.6) is 0 Å². The summed E-state index contributed by atoms with van der Waals surface area (Å²) in [5.41, 5.74) is -0.767. The highest BCUT2D eigenvalue weighted by molar-refractivity contribution is 5.87. The zero-order valence-corrected chi connectivity index (χ0v) is 9.65. The summed E-state index contributed by atoms with van der Waals surface area (Å²) < 4.78 is 42.3. The Morgan fingerprint density at radius 1 is 1.26 bits per heavy atom. The molecule has 0 aliphatic rings. The Kier molecular flexibility index (Phi) is 3.05. The smallest absolute Gasteiger partial charge is 0.416 e. The number of alkyl halides is 3. The summed E-state index contributed by atoms with van der Waals surface area (Å²) in [5, 5.41) is 8.81. The van der Waals surface area contributed by atoms with Gasteiger partial charge in [0.25, 0.3) is 0 Å². The molecule has 0 saturated heterocycles. The Morgan fingerprint density at radius 3 is 2.26 bits per heavy atom. The summed E-state index contributed by atoms with van der Waals surface area (Å²) >= 11 is 0. The fraction of sp³-hybridized carbons (Fsp3) is 0.167. The quantitative estimate of drug-likeness (QED) is 0.909. The molecule has 0 saturated carbocycles. The highest BCUT2D eigenvalue weighted by atomic mass is 19.4. The number of oxazole rings is 1. The van der Waals surface area contributed by atoms with Gasteiger partial charge in [0, 0.05) is 5.56 Å². The minimum absolute atomic E-state index is 0.0244. The van der Waals surface area contributed by atoms with E-state index in [2.05, 4.69) is 4.98 Å². The number of hydrogen-bond acceptors (Lipinski definition) is 3. The molecule has 0 aliphatic carbocycles. The predicted molar refractivity (Wildman–Crippen MR) is 58.6 cm³/mol. The molecule has 100 valence electrons. The van der Waals surface area contributed by atoms with Crippen molar-refractivity contribution in [1.29, 1.82) is 0 Å². The van der Waals surface area contributed by atoms with Gasteiger partial charge in [-0.3, -0.25) is 0 Å². The summed E-state index contributed by atoms with van der Waals surface area (Å²) in [6, 6.07) is 4.13. The Balaban J connectivity index is 2.38. The van der Waals surface area contributed by atoms with Crippen molar-refractivity contribution in [3.05, 3.63) is 41.3 Å². The lowest BCUT2D eigenvalue weighted by molar-refractivity contribution is -0.137. The molecule has 0 atom stereocenters. The van der Waals surface area contributed by atoms with Gasteiger partial charge in [-0.2, -0.15) is 13.2 Å². The maximum Gasteiger partial charge on any atom is 0.416 e. The van der Waals surface area contributed by atoms with E-state index in [0.29, 0.717) is 0 Å². The van der Waals surface area contributed by atoms with Crippen LogP contribution in [-0.2, 0) is 6.18 Å². The van der Waals surface area contributed by atoms with Crippen LogP contribution in [0.3, 0.4) is 0 Å². The summed E-state index contributed by atoms with van der Waals surface area (Å²) in [6.07, 6.45) is -4.42. The third-order valence-electron chi connectivity index (χ3n) is 2.46. The first-order valence-corrected chi connectivity index (χ1v) is 5.17. The highest BCUT2D eigenvalue weighted by Gasteiger charge is 2.30. The average molecular weight is 271 g/mol. The van der Waals surface area contributed by atoms with Gasteiger partial charge in [-0.05, 0) is 31.2 Å². The van der Waals surface area contributed by atoms with Crippen molar-refractivity contribution in [3.8, 4) is 11.5 Å². The van der Waals surface area contributed by atoms with Gasteiger partial charge >= 0.3 is 12.1 Å². The number of halogens is 3. The molecule has 1 aromatic heterocycles. The van der Waals surface area contributed by atoms with Crippen LogP contribution < -0.4 is 0 Å². The molecule has 2 rings (SSSR count). The SMILES string of the molecule is Cc1oc(-c2ccc(C(F)(F)F)cc2)nc1C(=O)O. The molecule has 1 heterocycles. The van der Waals surface area contributed by atoms with Gasteiger partial charge in [0.2, 0.25) is 5.89 Å². The second-order valence-electron chi connectivity index (χ2n) is 3.80. The normalized spacial score (nSPS) is 11.6. The number of rotatable bonds is 2. The molecule has 0 radical (unpaired) electrons. The van der Waals surface area contributed by atoms with Gasteiger partial charge in [0.1, 0.15) is 5.76 Å². The molecular weight excluding hydrogens is 263 g/mol. The van der Waals surface area contributed by atoms with Crippen LogP contribution in [0.25, 0.3) is 11.5 Å². The lowest BCUT2D eigenvalue weighted by atomic mass is 10.1. The van der Waals surface area contributed by atoms with Crippen LogP contribution in [0.4, 0.5) is 13.2 Å². The van der Waals surface area contributed by atoms with E-state index in [-0.39, 0.29) is 22.9 Å². The Labute approximate surface area is 105 Å². The van der Waals surface area contributed by atoms with E-state index in [4.69, 9.17) is 9.52 Å². The van der Waals surface area contributed by atoms with Crippen molar-refractivity contribution in [2.45, 2.75) is 13.1 Å². The summed E-state index contributed by atoms with van der Waals surface area (Å²) in [4.78, 5) is 14.5. The van der Waals surface area contributed by atoms with Gasteiger partial charge in [-0.1, -0.05) is 0 Å². The van der Waals surface area contributed by atoms with Crippen molar-refractivity contribution in [2.24, 2.45) is 0 Å². The first-order chi connectivity index (χ1) is 8.79. The molecule has 0 bridgehead atoms. The fourth-order valence-electron chi connectivity index (χ4n) is 1.52. The molecular formula is C12H8F3NO3. The molecule has 1 N–H and O–H groups in total. The minimum Gasteiger partial charge on any atom is -0.476 e. The number of aryl methyl sites for hydroxylation is 1. The zero-order valence-electron chi connectivity index (χ0n) is 9.65. The Bertz CT molecular complexity index is 614. The summed E-state index contributed by atoms with van der Waals surface area (Å²) in [6.45, 7) is 1.42. The minimum atomic E-state index is -4.42. The van der Waals surface area contributed by atoms with Gasteiger partial charge in [0.05, 0.1) is 5.56 Å². The van der Waals surface area contributed by atoms with E-state index in [1.165, 1.54) is 19.1 Å². The number of nitrogens with zero attached hydrogens (tertiary/aromatic N) is 1. The van der Waals surface area contributed by atoms with Crippen LogP contribution in [0.2, 0.25) is 0 Å². The zero-order chi connectivity index (χ0) is 14.2. The molecule has 2 aromatic rings. The highest BCUT2D eigenvalue weighted by Crippen LogP contribution is 2.31. The van der Waals surface area contributed by atoms with Crippen LogP contribution in [0.1, 0.15) is 21.8 Å². The lowest BCUT2D eigenvalue weighted by Crippen LogP contribution is -2.04. The third kappa shape index (κ3) is 2.59. The molecule has 1 aromatic carbocycles.